The third-order valence-corrected chi connectivity index (χ3v) is 3.61. The van der Waals surface area contributed by atoms with E-state index in [0.29, 0.717) is 0 Å². The number of hydrogen-bond acceptors (Lipinski definition) is 5. The van der Waals surface area contributed by atoms with Gasteiger partial charge in [0.1, 0.15) is 0 Å². The Bertz CT molecular complexity index is 411. The van der Waals surface area contributed by atoms with Crippen LogP contribution in [0.1, 0.15) is 6.92 Å². The van der Waals surface area contributed by atoms with Crippen molar-refractivity contribution in [2.24, 2.45) is 5.73 Å². The van der Waals surface area contributed by atoms with Crippen molar-refractivity contribution in [2.45, 2.75) is 24.2 Å². The molecule has 1 unspecified atom stereocenters. The molecule has 0 aliphatic rings. The number of para-hydroxylation sites is 1. The number of ether oxygens (including phenoxy) is 2. The van der Waals surface area contributed by atoms with Crippen molar-refractivity contribution in [1.82, 2.24) is 0 Å². The van der Waals surface area contributed by atoms with Gasteiger partial charge in [0, 0.05) is 24.8 Å². The number of methoxy groups -OCH3 is 2. The first-order valence-electron chi connectivity index (χ1n) is 5.90. The predicted octanol–water partition coefficient (Wildman–Crippen LogP) is 1.68. The van der Waals surface area contributed by atoms with Crippen LogP contribution in [0.2, 0.25) is 0 Å². The van der Waals surface area contributed by atoms with Crippen LogP contribution in [-0.2, 0) is 14.3 Å². The number of nitrogens with two attached hydrogens (primary N) is 1. The van der Waals surface area contributed by atoms with Gasteiger partial charge in [-0.25, -0.2) is 0 Å². The summed E-state index contributed by atoms with van der Waals surface area (Å²) in [7, 11) is 3.19. The van der Waals surface area contributed by atoms with Crippen molar-refractivity contribution in [2.75, 3.05) is 25.3 Å². The Balaban J connectivity index is 2.74. The van der Waals surface area contributed by atoms with Gasteiger partial charge in [-0.3, -0.25) is 4.79 Å². The Morgan fingerprint density at radius 3 is 2.58 bits per heavy atom. The summed E-state index contributed by atoms with van der Waals surface area (Å²) in [6, 6.07) is 7.71. The number of carbonyl (C=O) groups excluding carboxylic acids is 1. The molecule has 6 heteroatoms. The Morgan fingerprint density at radius 1 is 1.37 bits per heavy atom. The number of amides is 1. The lowest BCUT2D eigenvalue weighted by atomic mass is 10.2. The lowest BCUT2D eigenvalue weighted by Gasteiger charge is -2.24. The van der Waals surface area contributed by atoms with E-state index in [1.54, 1.807) is 14.2 Å². The van der Waals surface area contributed by atoms with Crippen LogP contribution in [0.4, 0.5) is 5.69 Å². The molecule has 1 aromatic carbocycles. The number of anilines is 1. The Kier molecular flexibility index (Phi) is 6.69. The topological polar surface area (TPSA) is 73.6 Å². The molecule has 0 radical (unpaired) electrons. The van der Waals surface area contributed by atoms with Gasteiger partial charge in [-0.2, -0.15) is 0 Å². The molecule has 3 N–H and O–H groups in total. The highest BCUT2D eigenvalue weighted by Gasteiger charge is 2.16. The highest BCUT2D eigenvalue weighted by molar-refractivity contribution is 8.00. The van der Waals surface area contributed by atoms with Crippen LogP contribution in [-0.4, -0.2) is 38.2 Å². The molecule has 1 rings (SSSR count). The quantitative estimate of drug-likeness (QED) is 0.561. The van der Waals surface area contributed by atoms with E-state index in [-0.39, 0.29) is 24.0 Å². The summed E-state index contributed by atoms with van der Waals surface area (Å²) < 4.78 is 10.4. The minimum Gasteiger partial charge on any atom is -0.377 e. The molecular formula is C13H20N2O3S. The average molecular weight is 284 g/mol. The monoisotopic (exact) mass is 284 g/mol. The second kappa shape index (κ2) is 8.04. The summed E-state index contributed by atoms with van der Waals surface area (Å²) in [6.07, 6.45) is -0.339. The predicted molar refractivity (Wildman–Crippen MR) is 77.3 cm³/mol. The van der Waals surface area contributed by atoms with Crippen molar-refractivity contribution >= 4 is 23.4 Å². The van der Waals surface area contributed by atoms with Crippen LogP contribution in [0, 0.1) is 0 Å². The molecule has 0 aliphatic carbocycles. The van der Waals surface area contributed by atoms with E-state index in [0.717, 1.165) is 10.6 Å². The fraction of sp³-hybridized carbons (Fsp3) is 0.462. The standard InChI is InChI=1S/C13H20N2O3S/c1-9(13(17-2)18-3)15-10-6-4-5-7-11(10)19-8-12(14)16/h4-7,9,13,15H,8H2,1-3H3,(H2,14,16). The minimum absolute atomic E-state index is 0.0228. The first-order chi connectivity index (χ1) is 9.08. The zero-order valence-electron chi connectivity index (χ0n) is 11.4. The van der Waals surface area contributed by atoms with Gasteiger partial charge in [0.05, 0.1) is 11.8 Å². The van der Waals surface area contributed by atoms with Gasteiger partial charge in [-0.15, -0.1) is 11.8 Å². The average Bonchev–Trinajstić information content (AvgIpc) is 2.39. The van der Waals surface area contributed by atoms with Gasteiger partial charge in [0.15, 0.2) is 6.29 Å². The van der Waals surface area contributed by atoms with Crippen LogP contribution >= 0.6 is 11.8 Å². The zero-order valence-corrected chi connectivity index (χ0v) is 12.2. The van der Waals surface area contributed by atoms with E-state index in [1.165, 1.54) is 11.8 Å². The van der Waals surface area contributed by atoms with Gasteiger partial charge in [0.2, 0.25) is 5.91 Å². The smallest absolute Gasteiger partial charge is 0.227 e. The van der Waals surface area contributed by atoms with Crippen molar-refractivity contribution in [3.63, 3.8) is 0 Å². The minimum atomic E-state index is -0.339. The van der Waals surface area contributed by atoms with Gasteiger partial charge < -0.3 is 20.5 Å². The second-order valence-corrected chi connectivity index (χ2v) is 5.04. The van der Waals surface area contributed by atoms with Crippen LogP contribution in [0.5, 0.6) is 0 Å². The fourth-order valence-electron chi connectivity index (χ4n) is 1.68. The Morgan fingerprint density at radius 2 is 2.00 bits per heavy atom. The van der Waals surface area contributed by atoms with Crippen molar-refractivity contribution in [3.8, 4) is 0 Å². The van der Waals surface area contributed by atoms with Gasteiger partial charge in [-0.05, 0) is 19.1 Å². The van der Waals surface area contributed by atoms with Crippen LogP contribution < -0.4 is 11.1 Å². The molecule has 1 atom stereocenters. The van der Waals surface area contributed by atoms with Gasteiger partial charge in [0.25, 0.3) is 0 Å². The second-order valence-electron chi connectivity index (χ2n) is 4.02. The molecule has 0 aromatic heterocycles. The number of rotatable bonds is 8. The summed E-state index contributed by atoms with van der Waals surface area (Å²) in [5.74, 6) is -0.0788. The van der Waals surface area contributed by atoms with Crippen molar-refractivity contribution in [1.29, 1.82) is 0 Å². The maximum Gasteiger partial charge on any atom is 0.227 e. The van der Waals surface area contributed by atoms with Crippen molar-refractivity contribution < 1.29 is 14.3 Å². The van der Waals surface area contributed by atoms with E-state index >= 15 is 0 Å². The van der Waals surface area contributed by atoms with Crippen LogP contribution in [0.25, 0.3) is 0 Å². The number of thioether (sulfide) groups is 1. The molecule has 1 aromatic rings. The van der Waals surface area contributed by atoms with Gasteiger partial charge >= 0.3 is 0 Å². The number of carbonyl (C=O) groups is 1. The number of nitrogens with one attached hydrogen (secondary N) is 1. The summed E-state index contributed by atoms with van der Waals surface area (Å²) in [6.45, 7) is 1.97. The summed E-state index contributed by atoms with van der Waals surface area (Å²) in [5, 5.41) is 3.31. The summed E-state index contributed by atoms with van der Waals surface area (Å²) in [4.78, 5) is 11.8. The molecule has 1 amide bonds. The zero-order chi connectivity index (χ0) is 14.3. The normalized spacial score (nSPS) is 12.4. The summed E-state index contributed by atoms with van der Waals surface area (Å²) >= 11 is 1.41. The number of benzene rings is 1. The van der Waals surface area contributed by atoms with E-state index in [1.807, 2.05) is 31.2 Å². The molecule has 19 heavy (non-hydrogen) atoms. The maximum atomic E-state index is 10.8. The van der Waals surface area contributed by atoms with E-state index in [9.17, 15) is 4.79 Å². The van der Waals surface area contributed by atoms with Gasteiger partial charge in [-0.1, -0.05) is 12.1 Å². The lowest BCUT2D eigenvalue weighted by Crippen LogP contribution is -2.33. The Labute approximate surface area is 117 Å². The lowest BCUT2D eigenvalue weighted by molar-refractivity contribution is -0.115. The molecular weight excluding hydrogens is 264 g/mol. The molecule has 0 saturated heterocycles. The first-order valence-corrected chi connectivity index (χ1v) is 6.89. The fourth-order valence-corrected chi connectivity index (χ4v) is 2.43. The third-order valence-electron chi connectivity index (χ3n) is 2.51. The highest BCUT2D eigenvalue weighted by Crippen LogP contribution is 2.27. The van der Waals surface area contributed by atoms with Crippen LogP contribution in [0.15, 0.2) is 29.2 Å². The SMILES string of the molecule is COC(OC)C(C)Nc1ccccc1SCC(N)=O. The molecule has 0 spiro atoms. The molecule has 0 heterocycles. The van der Waals surface area contributed by atoms with Crippen LogP contribution in [0.3, 0.4) is 0 Å². The largest absolute Gasteiger partial charge is 0.377 e. The molecule has 0 aliphatic heterocycles. The number of primary amides is 1. The number of hydrogen-bond donors (Lipinski definition) is 2. The first kappa shape index (κ1) is 15.8. The molecule has 0 fully saturated rings. The highest BCUT2D eigenvalue weighted by atomic mass is 32.2. The third kappa shape index (κ3) is 5.10. The van der Waals surface area contributed by atoms with E-state index < -0.39 is 0 Å². The van der Waals surface area contributed by atoms with Crippen molar-refractivity contribution in [3.05, 3.63) is 24.3 Å². The van der Waals surface area contributed by atoms with E-state index in [4.69, 9.17) is 15.2 Å². The molecule has 106 valence electrons. The molecule has 0 bridgehead atoms. The molecule has 0 saturated carbocycles. The maximum absolute atomic E-state index is 10.8. The van der Waals surface area contributed by atoms with E-state index in [2.05, 4.69) is 5.32 Å². The molecule has 5 nitrogen and oxygen atoms in total. The Hall–Kier alpha value is -1.24. The summed E-state index contributed by atoms with van der Waals surface area (Å²) in [5.41, 5.74) is 6.09.